The maximum Gasteiger partial charge on any atom is 0.252 e. The zero-order valence-electron chi connectivity index (χ0n) is 11.1. The molecule has 4 heteroatoms. The number of para-hydroxylation sites is 1. The zero-order valence-corrected chi connectivity index (χ0v) is 11.1. The van der Waals surface area contributed by atoms with E-state index in [4.69, 9.17) is 4.74 Å². The van der Waals surface area contributed by atoms with Gasteiger partial charge in [-0.1, -0.05) is 18.2 Å². The maximum atomic E-state index is 12.3. The smallest absolute Gasteiger partial charge is 0.252 e. The van der Waals surface area contributed by atoms with Crippen LogP contribution in [-0.2, 0) is 0 Å². The number of aryl methyl sites for hydroxylation is 1. The zero-order chi connectivity index (χ0) is 14.1. The van der Waals surface area contributed by atoms with Gasteiger partial charge in [0.25, 0.3) is 5.91 Å². The summed E-state index contributed by atoms with van der Waals surface area (Å²) in [7, 11) is 0. The Morgan fingerprint density at radius 3 is 2.90 bits per heavy atom. The molecule has 1 aliphatic rings. The van der Waals surface area contributed by atoms with E-state index in [9.17, 15) is 9.90 Å². The maximum absolute atomic E-state index is 12.3. The molecule has 1 amide bonds. The van der Waals surface area contributed by atoms with Gasteiger partial charge in [0.05, 0.1) is 6.04 Å². The summed E-state index contributed by atoms with van der Waals surface area (Å²) >= 11 is 0. The molecule has 4 nitrogen and oxygen atoms in total. The molecule has 0 saturated carbocycles. The molecular formula is C16H15NO3. The summed E-state index contributed by atoms with van der Waals surface area (Å²) in [6, 6.07) is 12.3. The number of amides is 1. The predicted molar refractivity (Wildman–Crippen MR) is 75.0 cm³/mol. The predicted octanol–water partition coefficient (Wildman–Crippen LogP) is 2.56. The Labute approximate surface area is 117 Å². The van der Waals surface area contributed by atoms with Crippen LogP contribution in [0.25, 0.3) is 0 Å². The highest BCUT2D eigenvalue weighted by molar-refractivity contribution is 5.96. The molecule has 3 rings (SSSR count). The first-order valence-corrected chi connectivity index (χ1v) is 6.47. The summed E-state index contributed by atoms with van der Waals surface area (Å²) < 4.78 is 5.54. The average molecular weight is 269 g/mol. The highest BCUT2D eigenvalue weighted by Gasteiger charge is 2.25. The number of rotatable bonds is 2. The number of aromatic hydroxyl groups is 1. The van der Waals surface area contributed by atoms with Crippen LogP contribution in [0.4, 0.5) is 0 Å². The Morgan fingerprint density at radius 2 is 2.10 bits per heavy atom. The second kappa shape index (κ2) is 4.89. The Bertz CT molecular complexity index is 667. The minimum Gasteiger partial charge on any atom is -0.508 e. The lowest BCUT2D eigenvalue weighted by molar-refractivity contribution is 0.0929. The largest absolute Gasteiger partial charge is 0.508 e. The van der Waals surface area contributed by atoms with Crippen molar-refractivity contribution in [2.45, 2.75) is 13.0 Å². The van der Waals surface area contributed by atoms with E-state index in [1.54, 1.807) is 19.1 Å². The second-order valence-corrected chi connectivity index (χ2v) is 4.87. The standard InChI is InChI=1S/C16H15NO3/c1-10-8-11(18)6-7-12(10)16(19)17-14-9-20-15-5-3-2-4-13(14)15/h2-8,14,18H,9H2,1H3,(H,17,19). The van der Waals surface area contributed by atoms with Crippen molar-refractivity contribution in [3.05, 3.63) is 59.2 Å². The van der Waals surface area contributed by atoms with Crippen LogP contribution in [-0.4, -0.2) is 17.6 Å². The quantitative estimate of drug-likeness (QED) is 0.881. The van der Waals surface area contributed by atoms with E-state index in [-0.39, 0.29) is 17.7 Å². The van der Waals surface area contributed by atoms with Crippen LogP contribution in [0.5, 0.6) is 11.5 Å². The van der Waals surface area contributed by atoms with Crippen molar-refractivity contribution >= 4 is 5.91 Å². The molecule has 0 radical (unpaired) electrons. The van der Waals surface area contributed by atoms with E-state index in [1.807, 2.05) is 24.3 Å². The highest BCUT2D eigenvalue weighted by atomic mass is 16.5. The molecule has 0 fully saturated rings. The fourth-order valence-corrected chi connectivity index (χ4v) is 2.42. The number of hydrogen-bond donors (Lipinski definition) is 2. The number of phenolic OH excluding ortho intramolecular Hbond substituents is 1. The lowest BCUT2D eigenvalue weighted by Crippen LogP contribution is -2.29. The molecule has 0 spiro atoms. The molecule has 2 aromatic rings. The van der Waals surface area contributed by atoms with Gasteiger partial charge in [-0.3, -0.25) is 4.79 Å². The van der Waals surface area contributed by atoms with Crippen molar-refractivity contribution in [3.63, 3.8) is 0 Å². The van der Waals surface area contributed by atoms with E-state index in [0.717, 1.165) is 16.9 Å². The number of ether oxygens (including phenoxy) is 1. The van der Waals surface area contributed by atoms with Crippen LogP contribution in [0.3, 0.4) is 0 Å². The van der Waals surface area contributed by atoms with E-state index in [2.05, 4.69) is 5.32 Å². The normalized spacial score (nSPS) is 16.4. The molecule has 0 aromatic heterocycles. The molecule has 0 aliphatic carbocycles. The van der Waals surface area contributed by atoms with Gasteiger partial charge in [0.15, 0.2) is 0 Å². The molecule has 2 aromatic carbocycles. The fraction of sp³-hybridized carbons (Fsp3) is 0.188. The summed E-state index contributed by atoms with van der Waals surface area (Å²) in [5.74, 6) is 0.821. The van der Waals surface area contributed by atoms with Gasteiger partial charge < -0.3 is 15.2 Å². The lowest BCUT2D eigenvalue weighted by Gasteiger charge is -2.13. The molecule has 0 bridgehead atoms. The summed E-state index contributed by atoms with van der Waals surface area (Å²) in [6.07, 6.45) is 0. The van der Waals surface area contributed by atoms with Gasteiger partial charge >= 0.3 is 0 Å². The number of hydrogen-bond acceptors (Lipinski definition) is 3. The molecule has 1 heterocycles. The van der Waals surface area contributed by atoms with Gasteiger partial charge in [0, 0.05) is 11.1 Å². The first kappa shape index (κ1) is 12.5. The molecule has 1 aliphatic heterocycles. The Morgan fingerprint density at radius 1 is 1.30 bits per heavy atom. The fourth-order valence-electron chi connectivity index (χ4n) is 2.42. The van der Waals surface area contributed by atoms with Crippen LogP contribution in [0.1, 0.15) is 27.5 Å². The van der Waals surface area contributed by atoms with E-state index < -0.39 is 0 Å². The van der Waals surface area contributed by atoms with Crippen LogP contribution >= 0.6 is 0 Å². The Balaban J connectivity index is 1.81. The monoisotopic (exact) mass is 269 g/mol. The number of nitrogens with one attached hydrogen (secondary N) is 1. The third kappa shape index (κ3) is 2.20. The number of fused-ring (bicyclic) bond motifs is 1. The van der Waals surface area contributed by atoms with Crippen molar-refractivity contribution in [2.75, 3.05) is 6.61 Å². The van der Waals surface area contributed by atoms with Gasteiger partial charge in [-0.2, -0.15) is 0 Å². The third-order valence-electron chi connectivity index (χ3n) is 3.46. The molecule has 102 valence electrons. The average Bonchev–Trinajstić information content (AvgIpc) is 2.82. The molecule has 2 N–H and O–H groups in total. The molecule has 0 saturated heterocycles. The van der Waals surface area contributed by atoms with E-state index in [1.165, 1.54) is 6.07 Å². The summed E-state index contributed by atoms with van der Waals surface area (Å²) in [5.41, 5.74) is 2.30. The van der Waals surface area contributed by atoms with E-state index >= 15 is 0 Å². The van der Waals surface area contributed by atoms with Crippen LogP contribution in [0.15, 0.2) is 42.5 Å². The van der Waals surface area contributed by atoms with Crippen molar-refractivity contribution in [1.29, 1.82) is 0 Å². The summed E-state index contributed by atoms with van der Waals surface area (Å²) in [6.45, 7) is 2.25. The van der Waals surface area contributed by atoms with Crippen molar-refractivity contribution in [3.8, 4) is 11.5 Å². The molecule has 1 atom stereocenters. The van der Waals surface area contributed by atoms with Crippen LogP contribution in [0, 0.1) is 6.92 Å². The van der Waals surface area contributed by atoms with E-state index in [0.29, 0.717) is 12.2 Å². The Hall–Kier alpha value is -2.49. The number of carbonyl (C=O) groups is 1. The van der Waals surface area contributed by atoms with Crippen molar-refractivity contribution in [2.24, 2.45) is 0 Å². The summed E-state index contributed by atoms with van der Waals surface area (Å²) in [4.78, 5) is 12.3. The van der Waals surface area contributed by atoms with Crippen LogP contribution < -0.4 is 10.1 Å². The Kier molecular flexibility index (Phi) is 3.06. The first-order chi connectivity index (χ1) is 9.65. The van der Waals surface area contributed by atoms with Gasteiger partial charge in [0.1, 0.15) is 18.1 Å². The second-order valence-electron chi connectivity index (χ2n) is 4.87. The number of phenols is 1. The third-order valence-corrected chi connectivity index (χ3v) is 3.46. The minimum absolute atomic E-state index is 0.132. The van der Waals surface area contributed by atoms with Gasteiger partial charge in [-0.15, -0.1) is 0 Å². The number of benzene rings is 2. The van der Waals surface area contributed by atoms with Gasteiger partial charge in [0.2, 0.25) is 0 Å². The molecule has 1 unspecified atom stereocenters. The first-order valence-electron chi connectivity index (χ1n) is 6.47. The molecule has 20 heavy (non-hydrogen) atoms. The van der Waals surface area contributed by atoms with Gasteiger partial charge in [-0.25, -0.2) is 0 Å². The number of carbonyl (C=O) groups excluding carboxylic acids is 1. The van der Waals surface area contributed by atoms with Crippen molar-refractivity contribution < 1.29 is 14.6 Å². The van der Waals surface area contributed by atoms with Crippen LogP contribution in [0.2, 0.25) is 0 Å². The lowest BCUT2D eigenvalue weighted by atomic mass is 10.1. The highest BCUT2D eigenvalue weighted by Crippen LogP contribution is 2.32. The summed E-state index contributed by atoms with van der Waals surface area (Å²) in [5, 5.41) is 12.3. The van der Waals surface area contributed by atoms with Crippen molar-refractivity contribution in [1.82, 2.24) is 5.32 Å². The molecular weight excluding hydrogens is 254 g/mol. The SMILES string of the molecule is Cc1cc(O)ccc1C(=O)NC1COc2ccccc21. The minimum atomic E-state index is -0.159. The van der Waals surface area contributed by atoms with Gasteiger partial charge in [-0.05, 0) is 36.8 Å². The topological polar surface area (TPSA) is 58.6 Å².